The third kappa shape index (κ3) is 3.63. The predicted molar refractivity (Wildman–Crippen MR) is 86.6 cm³/mol. The van der Waals surface area contributed by atoms with E-state index in [4.69, 9.17) is 0 Å². The van der Waals surface area contributed by atoms with E-state index in [1.807, 2.05) is 32.0 Å². The molecule has 0 aliphatic carbocycles. The van der Waals surface area contributed by atoms with E-state index in [1.54, 1.807) is 0 Å². The highest BCUT2D eigenvalue weighted by Crippen LogP contribution is 2.19. The first-order valence-corrected chi connectivity index (χ1v) is 7.01. The monoisotopic (exact) mass is 315 g/mol. The number of aryl methyl sites for hydroxylation is 3. The first-order chi connectivity index (χ1) is 10.8. The van der Waals surface area contributed by atoms with E-state index in [-0.39, 0.29) is 17.8 Å². The molecule has 23 heavy (non-hydrogen) atoms. The van der Waals surface area contributed by atoms with Crippen LogP contribution in [0.2, 0.25) is 0 Å². The van der Waals surface area contributed by atoms with Crippen LogP contribution < -0.4 is 10.9 Å². The van der Waals surface area contributed by atoms with Gasteiger partial charge in [0.15, 0.2) is 0 Å². The van der Waals surface area contributed by atoms with Crippen LogP contribution in [-0.4, -0.2) is 15.4 Å². The van der Waals surface area contributed by atoms with Crippen molar-refractivity contribution in [1.29, 1.82) is 0 Å². The van der Waals surface area contributed by atoms with Gasteiger partial charge in [0, 0.05) is 17.3 Å². The number of nitrogens with zero attached hydrogens (tertiary/aromatic N) is 2. The minimum absolute atomic E-state index is 0.190. The van der Waals surface area contributed by atoms with Crippen molar-refractivity contribution in [3.05, 3.63) is 67.6 Å². The smallest absolute Gasteiger partial charge is 0.288 e. The second-order valence-electron chi connectivity index (χ2n) is 5.38. The molecule has 0 aliphatic heterocycles. The number of hydrogen-bond acceptors (Lipinski definition) is 4. The number of para-hydroxylation sites is 1. The molecule has 0 spiro atoms. The molecule has 1 N–H and O–H groups in total. The molecule has 0 radical (unpaired) electrons. The lowest BCUT2D eigenvalue weighted by atomic mass is 10.1. The second-order valence-corrected chi connectivity index (χ2v) is 5.38. The Morgan fingerprint density at radius 2 is 1.83 bits per heavy atom. The topological polar surface area (TPSA) is 94.2 Å². The molecule has 1 aromatic heterocycles. The summed E-state index contributed by atoms with van der Waals surface area (Å²) in [5.41, 5.74) is 2.12. The summed E-state index contributed by atoms with van der Waals surface area (Å²) in [5, 5.41) is 13.7. The van der Waals surface area contributed by atoms with Gasteiger partial charge in [0.05, 0.1) is 11.1 Å². The molecule has 0 bridgehead atoms. The molecule has 0 fully saturated rings. The number of nitro groups is 1. The molecule has 0 saturated carbocycles. The Morgan fingerprint density at radius 1 is 1.22 bits per heavy atom. The Morgan fingerprint density at radius 3 is 2.39 bits per heavy atom. The zero-order valence-corrected chi connectivity index (χ0v) is 13.1. The molecule has 1 amide bonds. The van der Waals surface area contributed by atoms with E-state index >= 15 is 0 Å². The highest BCUT2D eigenvalue weighted by Gasteiger charge is 2.15. The largest absolute Gasteiger partial charge is 0.324 e. The molecular weight excluding hydrogens is 298 g/mol. The molecular formula is C16H17N3O4. The third-order valence-corrected chi connectivity index (χ3v) is 3.56. The number of amides is 1. The zero-order chi connectivity index (χ0) is 17.1. The van der Waals surface area contributed by atoms with Gasteiger partial charge >= 0.3 is 0 Å². The summed E-state index contributed by atoms with van der Waals surface area (Å²) in [5.74, 6) is -0.414. The highest BCUT2D eigenvalue weighted by atomic mass is 16.6. The highest BCUT2D eigenvalue weighted by molar-refractivity contribution is 5.92. The predicted octanol–water partition coefficient (Wildman–Crippen LogP) is 2.32. The van der Waals surface area contributed by atoms with Gasteiger partial charge in [-0.1, -0.05) is 18.2 Å². The van der Waals surface area contributed by atoms with Gasteiger partial charge in [-0.05, 0) is 31.9 Å². The molecule has 0 atom stereocenters. The van der Waals surface area contributed by atoms with Crippen molar-refractivity contribution in [1.82, 2.24) is 4.57 Å². The van der Waals surface area contributed by atoms with E-state index in [2.05, 4.69) is 5.32 Å². The number of hydrogen-bond donors (Lipinski definition) is 1. The Balaban J connectivity index is 2.26. The Hall–Kier alpha value is -2.96. The summed E-state index contributed by atoms with van der Waals surface area (Å²) in [7, 11) is 0. The number of aromatic nitrogens is 1. The lowest BCUT2D eigenvalue weighted by molar-refractivity contribution is -0.385. The molecule has 2 rings (SSSR count). The first kappa shape index (κ1) is 16.4. The summed E-state index contributed by atoms with van der Waals surface area (Å²) in [6.07, 6.45) is 1.10. The van der Waals surface area contributed by atoms with Gasteiger partial charge in [0.25, 0.3) is 11.2 Å². The van der Waals surface area contributed by atoms with Gasteiger partial charge < -0.3 is 5.32 Å². The average molecular weight is 315 g/mol. The van der Waals surface area contributed by atoms with Gasteiger partial charge in [-0.25, -0.2) is 0 Å². The van der Waals surface area contributed by atoms with Crippen molar-refractivity contribution in [3.63, 3.8) is 0 Å². The van der Waals surface area contributed by atoms with Crippen LogP contribution in [0.25, 0.3) is 0 Å². The van der Waals surface area contributed by atoms with Crippen molar-refractivity contribution in [2.75, 3.05) is 5.32 Å². The number of benzene rings is 1. The van der Waals surface area contributed by atoms with Crippen LogP contribution in [0.3, 0.4) is 0 Å². The lowest BCUT2D eigenvalue weighted by Gasteiger charge is -2.12. The van der Waals surface area contributed by atoms with E-state index in [9.17, 15) is 19.7 Å². The summed E-state index contributed by atoms with van der Waals surface area (Å²) in [4.78, 5) is 34.4. The number of rotatable bonds is 4. The number of anilines is 1. The number of carbonyl (C=O) groups is 1. The van der Waals surface area contributed by atoms with Crippen molar-refractivity contribution < 1.29 is 9.72 Å². The van der Waals surface area contributed by atoms with Gasteiger partial charge in [0.2, 0.25) is 5.91 Å². The van der Waals surface area contributed by atoms with Gasteiger partial charge in [-0.15, -0.1) is 0 Å². The zero-order valence-electron chi connectivity index (χ0n) is 13.1. The molecule has 120 valence electrons. The number of pyridine rings is 1. The lowest BCUT2D eigenvalue weighted by Crippen LogP contribution is -2.28. The fraction of sp³-hybridized carbons (Fsp3) is 0.250. The normalized spacial score (nSPS) is 10.4. The maximum absolute atomic E-state index is 12.2. The van der Waals surface area contributed by atoms with Crippen LogP contribution in [0.4, 0.5) is 11.4 Å². The maximum Gasteiger partial charge on any atom is 0.288 e. The Kier molecular flexibility index (Phi) is 4.59. The van der Waals surface area contributed by atoms with Gasteiger partial charge in [-0.3, -0.25) is 24.3 Å². The molecule has 0 saturated heterocycles. The van der Waals surface area contributed by atoms with Gasteiger partial charge in [0.1, 0.15) is 6.54 Å². The fourth-order valence-electron chi connectivity index (χ4n) is 2.32. The van der Waals surface area contributed by atoms with Gasteiger partial charge in [-0.2, -0.15) is 0 Å². The maximum atomic E-state index is 12.2. The second kappa shape index (κ2) is 6.43. The van der Waals surface area contributed by atoms with Crippen molar-refractivity contribution in [3.8, 4) is 0 Å². The summed E-state index contributed by atoms with van der Waals surface area (Å²) < 4.78 is 1.04. The van der Waals surface area contributed by atoms with Crippen LogP contribution in [0.5, 0.6) is 0 Å². The van der Waals surface area contributed by atoms with Crippen LogP contribution in [-0.2, 0) is 11.3 Å². The van der Waals surface area contributed by atoms with E-state index in [1.165, 1.54) is 6.92 Å². The van der Waals surface area contributed by atoms with E-state index in [0.717, 1.165) is 28.0 Å². The molecule has 1 aromatic carbocycles. The van der Waals surface area contributed by atoms with Crippen molar-refractivity contribution in [2.45, 2.75) is 27.3 Å². The van der Waals surface area contributed by atoms with E-state index in [0.29, 0.717) is 5.69 Å². The minimum atomic E-state index is -0.575. The fourth-order valence-corrected chi connectivity index (χ4v) is 2.32. The molecule has 2 aromatic rings. The van der Waals surface area contributed by atoms with Crippen LogP contribution >= 0.6 is 0 Å². The molecule has 0 aliphatic rings. The van der Waals surface area contributed by atoms with Crippen LogP contribution in [0.1, 0.15) is 16.7 Å². The number of carbonyl (C=O) groups excluding carboxylic acids is 1. The summed E-state index contributed by atoms with van der Waals surface area (Å²) in [6.45, 7) is 4.94. The molecule has 7 nitrogen and oxygen atoms in total. The van der Waals surface area contributed by atoms with E-state index < -0.39 is 16.4 Å². The van der Waals surface area contributed by atoms with Crippen molar-refractivity contribution in [2.24, 2.45) is 0 Å². The summed E-state index contributed by atoms with van der Waals surface area (Å²) in [6, 6.07) is 6.77. The van der Waals surface area contributed by atoms with Crippen LogP contribution in [0, 0.1) is 30.9 Å². The molecule has 0 unspecified atom stereocenters. The van der Waals surface area contributed by atoms with Crippen molar-refractivity contribution >= 4 is 17.3 Å². The molecule has 7 heteroatoms. The quantitative estimate of drug-likeness (QED) is 0.692. The third-order valence-electron chi connectivity index (χ3n) is 3.56. The SMILES string of the molecule is Cc1cc(=O)n(CC(=O)Nc2c(C)cccc2C)cc1[N+](=O)[O-]. The average Bonchev–Trinajstić information content (AvgIpc) is 2.45. The first-order valence-electron chi connectivity index (χ1n) is 7.01. The Labute approximate surface area is 132 Å². The Bertz CT molecular complexity index is 819. The summed E-state index contributed by atoms with van der Waals surface area (Å²) >= 11 is 0. The van der Waals surface area contributed by atoms with Crippen LogP contribution in [0.15, 0.2) is 35.3 Å². The molecule has 1 heterocycles. The standard InChI is InChI=1S/C16H17N3O4/c1-10-5-4-6-11(2)16(10)17-14(20)9-18-8-13(19(22)23)12(3)7-15(18)21/h4-8H,9H2,1-3H3,(H,17,20). The number of nitrogens with one attached hydrogen (secondary N) is 1. The minimum Gasteiger partial charge on any atom is -0.324 e.